The molecular formula is C22H19ClF5N3O4. The normalized spacial score (nSPS) is 25.2. The lowest BCUT2D eigenvalue weighted by Gasteiger charge is -2.31. The van der Waals surface area contributed by atoms with Crippen molar-refractivity contribution in [2.24, 2.45) is 0 Å². The summed E-state index contributed by atoms with van der Waals surface area (Å²) < 4.78 is 104. The van der Waals surface area contributed by atoms with Crippen molar-refractivity contribution >= 4 is 34.9 Å². The highest BCUT2D eigenvalue weighted by atomic mass is 35.5. The number of rotatable bonds is 3. The van der Waals surface area contributed by atoms with Gasteiger partial charge in [0.2, 0.25) is 0 Å². The molecule has 2 saturated heterocycles. The van der Waals surface area contributed by atoms with Gasteiger partial charge in [-0.1, -0.05) is 11.6 Å². The molecule has 188 valence electrons. The number of carbonyl (C=O) groups excluding carboxylic acids is 2. The van der Waals surface area contributed by atoms with Gasteiger partial charge in [-0.25, -0.2) is 13.8 Å². The van der Waals surface area contributed by atoms with E-state index in [2.05, 4.69) is 4.98 Å². The maximum Gasteiger partial charge on any atom is 0.416 e. The van der Waals surface area contributed by atoms with Crippen LogP contribution in [-0.2, 0) is 25.2 Å². The van der Waals surface area contributed by atoms with Crippen LogP contribution in [0.25, 0.3) is 0 Å². The van der Waals surface area contributed by atoms with Crippen LogP contribution < -0.4 is 9.80 Å². The number of hydrogen-bond acceptors (Lipinski definition) is 5. The molecule has 1 aromatic heterocycles. The molecule has 35 heavy (non-hydrogen) atoms. The summed E-state index contributed by atoms with van der Waals surface area (Å²) in [6, 6.07) is 0.0837. The molecule has 2 fully saturated rings. The first-order valence-corrected chi connectivity index (χ1v) is 10.4. The van der Waals surface area contributed by atoms with Gasteiger partial charge in [0, 0.05) is 22.8 Å². The van der Waals surface area contributed by atoms with Gasteiger partial charge < -0.3 is 14.4 Å². The Bertz CT molecular complexity index is 1320. The molecule has 2 aliphatic heterocycles. The van der Waals surface area contributed by atoms with Crippen molar-refractivity contribution in [1.29, 1.82) is 0 Å². The van der Waals surface area contributed by atoms with E-state index in [1.807, 2.05) is 0 Å². The molecule has 0 radical (unpaired) electrons. The number of hydrogen-bond donors (Lipinski definition) is 0. The summed E-state index contributed by atoms with van der Waals surface area (Å²) in [6.07, 6.45) is -7.91. The molecule has 2 aromatic rings. The minimum absolute atomic E-state index is 0.0316. The van der Waals surface area contributed by atoms with E-state index in [1.165, 1.54) is 20.8 Å². The van der Waals surface area contributed by atoms with Crippen molar-refractivity contribution in [3.63, 3.8) is 0 Å². The predicted octanol–water partition coefficient (Wildman–Crippen LogP) is 4.24. The highest BCUT2D eigenvalue weighted by Crippen LogP contribution is 2.42. The smallest absolute Gasteiger partial charge is 0.341 e. The molecule has 3 atom stereocenters. The van der Waals surface area contributed by atoms with Gasteiger partial charge in [-0.15, -0.1) is 0 Å². The third kappa shape index (κ3) is 4.45. The van der Waals surface area contributed by atoms with E-state index in [0.29, 0.717) is 23.1 Å². The summed E-state index contributed by atoms with van der Waals surface area (Å²) in [5, 5.41) is -0.711. The molecule has 0 saturated carbocycles. The molecule has 2 amide bonds. The maximum absolute atomic E-state index is 14.8. The maximum atomic E-state index is 14.8. The zero-order valence-electron chi connectivity index (χ0n) is 21.3. The molecule has 0 spiro atoms. The van der Waals surface area contributed by atoms with Crippen molar-refractivity contribution in [2.75, 3.05) is 16.8 Å². The third-order valence-electron chi connectivity index (χ3n) is 5.42. The molecule has 1 aromatic carbocycles. The number of carbonyl (C=O) groups is 2. The van der Waals surface area contributed by atoms with E-state index in [9.17, 15) is 31.5 Å². The van der Waals surface area contributed by atoms with Gasteiger partial charge in [-0.2, -0.15) is 13.2 Å². The quantitative estimate of drug-likeness (QED) is 0.445. The van der Waals surface area contributed by atoms with Crippen LogP contribution in [-0.4, -0.2) is 47.8 Å². The Kier molecular flexibility index (Phi) is 5.14. The second-order valence-electron chi connectivity index (χ2n) is 8.42. The van der Waals surface area contributed by atoms with Crippen molar-refractivity contribution in [1.82, 2.24) is 4.98 Å². The predicted molar refractivity (Wildman–Crippen MR) is 114 cm³/mol. The van der Waals surface area contributed by atoms with Crippen LogP contribution in [0.15, 0.2) is 24.3 Å². The molecule has 13 heteroatoms. The van der Waals surface area contributed by atoms with Crippen LogP contribution in [0, 0.1) is 18.6 Å². The number of aryl methyl sites for hydroxylation is 1. The van der Waals surface area contributed by atoms with Crippen molar-refractivity contribution < 1.29 is 45.1 Å². The van der Waals surface area contributed by atoms with E-state index >= 15 is 0 Å². The number of aromatic nitrogens is 1. The molecule has 0 bridgehead atoms. The first-order chi connectivity index (χ1) is 17.3. The number of benzene rings is 1. The lowest BCUT2D eigenvalue weighted by atomic mass is 10.1. The SMILES string of the molecule is [2H]C([2H])([2H])N(C(=O)[C@@H]1[C@@H]2OC(C)(C)O[C@@H]2C(=O)N1c1cc(C(F)(F)F)cc(C)n1)c1cc(Cl)c(F)cc1F. The first-order valence-electron chi connectivity index (χ1n) is 11.5. The fourth-order valence-electron chi connectivity index (χ4n) is 4.01. The first kappa shape index (κ1) is 21.5. The van der Waals surface area contributed by atoms with E-state index in [4.69, 9.17) is 25.2 Å². The zero-order chi connectivity index (χ0) is 28.5. The van der Waals surface area contributed by atoms with Crippen molar-refractivity contribution in [3.8, 4) is 0 Å². The Hall–Kier alpha value is -2.83. The Labute approximate surface area is 205 Å². The van der Waals surface area contributed by atoms with Crippen LogP contribution in [0.3, 0.4) is 0 Å². The van der Waals surface area contributed by atoms with Crippen molar-refractivity contribution in [2.45, 2.75) is 51.0 Å². The van der Waals surface area contributed by atoms with Gasteiger partial charge in [-0.05, 0) is 39.0 Å². The summed E-state index contributed by atoms with van der Waals surface area (Å²) in [5.41, 5.74) is -2.32. The number of nitrogens with zero attached hydrogens (tertiary/aromatic N) is 3. The fourth-order valence-corrected chi connectivity index (χ4v) is 4.17. The Morgan fingerprint density at radius 3 is 2.51 bits per heavy atom. The highest BCUT2D eigenvalue weighted by Gasteiger charge is 2.61. The fraction of sp³-hybridized carbons (Fsp3) is 0.409. The van der Waals surface area contributed by atoms with Gasteiger partial charge in [0.05, 0.1) is 16.3 Å². The molecular weight excluding hydrogens is 501 g/mol. The van der Waals surface area contributed by atoms with E-state index < -0.39 is 82.7 Å². The van der Waals surface area contributed by atoms with E-state index in [1.54, 1.807) is 0 Å². The van der Waals surface area contributed by atoms with Crippen LogP contribution in [0.5, 0.6) is 0 Å². The van der Waals surface area contributed by atoms with Crippen molar-refractivity contribution in [3.05, 3.63) is 52.2 Å². The number of alkyl halides is 3. The van der Waals surface area contributed by atoms with Crippen LogP contribution in [0.2, 0.25) is 5.02 Å². The lowest BCUT2D eigenvalue weighted by Crippen LogP contribution is -2.51. The zero-order valence-corrected chi connectivity index (χ0v) is 19.0. The summed E-state index contributed by atoms with van der Waals surface area (Å²) in [6.45, 7) is 0.603. The number of anilines is 2. The van der Waals surface area contributed by atoms with Gasteiger partial charge in [0.15, 0.2) is 11.9 Å². The standard InChI is InChI=1S/C22H19ClF5N3O4/c1-9-5-10(22(26,27)28)6-15(29-9)31-16(17-18(20(31)33)35-21(2,3)34-17)19(32)30(4)14-7-11(23)12(24)8-13(14)25/h5-8,16-18H,1-4H3/t16-,17-,18-/m0/s1/i4D3. The second-order valence-corrected chi connectivity index (χ2v) is 8.83. The Morgan fingerprint density at radius 1 is 1.20 bits per heavy atom. The number of halogens is 6. The Morgan fingerprint density at radius 2 is 1.89 bits per heavy atom. The largest absolute Gasteiger partial charge is 0.416 e. The number of pyridine rings is 1. The van der Waals surface area contributed by atoms with Crippen LogP contribution in [0.4, 0.5) is 33.5 Å². The van der Waals surface area contributed by atoms with Crippen LogP contribution >= 0.6 is 11.6 Å². The van der Waals surface area contributed by atoms with E-state index in [0.717, 1.165) is 0 Å². The third-order valence-corrected chi connectivity index (χ3v) is 5.71. The minimum atomic E-state index is -4.85. The number of fused-ring (bicyclic) bond motifs is 1. The summed E-state index contributed by atoms with van der Waals surface area (Å²) >= 11 is 5.71. The van der Waals surface area contributed by atoms with Crippen LogP contribution in [0.1, 0.15) is 29.2 Å². The average molecular weight is 523 g/mol. The van der Waals surface area contributed by atoms with Gasteiger partial charge >= 0.3 is 6.18 Å². The molecule has 0 unspecified atom stereocenters. The lowest BCUT2D eigenvalue weighted by molar-refractivity contribution is -0.161. The van der Waals surface area contributed by atoms with E-state index in [-0.39, 0.29) is 16.7 Å². The monoisotopic (exact) mass is 522 g/mol. The molecule has 7 nitrogen and oxygen atoms in total. The van der Waals surface area contributed by atoms with Gasteiger partial charge in [0.25, 0.3) is 11.8 Å². The molecule has 2 aliphatic rings. The second kappa shape index (κ2) is 8.38. The average Bonchev–Trinajstić information content (AvgIpc) is 3.20. The highest BCUT2D eigenvalue weighted by molar-refractivity contribution is 6.31. The molecule has 3 heterocycles. The molecule has 4 rings (SSSR count). The summed E-state index contributed by atoms with van der Waals surface area (Å²) in [7, 11) is 0. The molecule has 0 aliphatic carbocycles. The van der Waals surface area contributed by atoms with Gasteiger partial charge in [-0.3, -0.25) is 14.5 Å². The topological polar surface area (TPSA) is 72.0 Å². The number of ether oxygens (including phenoxy) is 2. The Balaban J connectivity index is 1.91. The summed E-state index contributed by atoms with van der Waals surface area (Å²) in [5.74, 6) is -7.30. The summed E-state index contributed by atoms with van der Waals surface area (Å²) in [4.78, 5) is 31.7. The van der Waals surface area contributed by atoms with Gasteiger partial charge in [0.1, 0.15) is 29.6 Å². The number of amides is 2. The molecule has 0 N–H and O–H groups in total. The minimum Gasteiger partial charge on any atom is -0.341 e. The number of likely N-dealkylation sites (N-methyl/N-ethyl adjacent to an activating group) is 1.